The molecule has 0 heterocycles. The number of fused-ring (bicyclic) bond motifs is 1. The monoisotopic (exact) mass is 157 g/mol. The molecule has 0 amide bonds. The van der Waals surface area contributed by atoms with Gasteiger partial charge in [0.2, 0.25) is 0 Å². The number of hydrogen-bond acceptors (Lipinski definition) is 1. The van der Waals surface area contributed by atoms with Crippen LogP contribution in [0.25, 0.3) is 0 Å². The first-order valence-corrected chi connectivity index (χ1v) is 4.16. The lowest BCUT2D eigenvalue weighted by molar-refractivity contribution is 0.512. The maximum atomic E-state index is 5.16. The molecule has 0 aliphatic heterocycles. The molecule has 1 N–H and O–H groups in total. The molecular formula is C11H11N. The summed E-state index contributed by atoms with van der Waals surface area (Å²) in [6.45, 7) is 0.666. The Hall–Kier alpha value is -1.26. The van der Waals surface area contributed by atoms with Crippen molar-refractivity contribution >= 4 is 0 Å². The van der Waals surface area contributed by atoms with Crippen molar-refractivity contribution in [1.29, 1.82) is 0 Å². The highest BCUT2D eigenvalue weighted by atomic mass is 14.9. The zero-order valence-corrected chi connectivity index (χ0v) is 6.88. The normalized spacial score (nSPS) is 19.1. The minimum atomic E-state index is 0.497. The molecule has 60 valence electrons. The van der Waals surface area contributed by atoms with Gasteiger partial charge in [-0.25, -0.2) is 0 Å². The molecule has 0 radical (unpaired) electrons. The number of rotatable bonds is 2. The topological polar surface area (TPSA) is 12.0 Å². The average molecular weight is 157 g/mol. The van der Waals surface area contributed by atoms with Gasteiger partial charge in [0.1, 0.15) is 0 Å². The fourth-order valence-electron chi connectivity index (χ4n) is 1.62. The average Bonchev–Trinajstić information content (AvgIpc) is 2.07. The van der Waals surface area contributed by atoms with Crippen LogP contribution in [0.4, 0.5) is 0 Å². The van der Waals surface area contributed by atoms with Gasteiger partial charge in [0.25, 0.3) is 0 Å². The van der Waals surface area contributed by atoms with Crippen LogP contribution < -0.4 is 5.32 Å². The Labute approximate surface area is 72.8 Å². The van der Waals surface area contributed by atoms with Crippen molar-refractivity contribution in [2.75, 3.05) is 6.54 Å². The van der Waals surface area contributed by atoms with Crippen LogP contribution in [-0.4, -0.2) is 6.54 Å². The van der Waals surface area contributed by atoms with Crippen LogP contribution in [0.1, 0.15) is 17.2 Å². The van der Waals surface area contributed by atoms with Crippen LogP contribution in [0.5, 0.6) is 0 Å². The Kier molecular flexibility index (Phi) is 1.85. The smallest absolute Gasteiger partial charge is 0.0578 e. The molecule has 1 aromatic carbocycles. The summed E-state index contributed by atoms with van der Waals surface area (Å²) in [5, 5.41) is 3.29. The Morgan fingerprint density at radius 1 is 1.50 bits per heavy atom. The number of terminal acetylenes is 1. The Bertz CT molecular complexity index is 322. The van der Waals surface area contributed by atoms with E-state index in [9.17, 15) is 0 Å². The van der Waals surface area contributed by atoms with E-state index in [1.54, 1.807) is 0 Å². The van der Waals surface area contributed by atoms with E-state index in [0.29, 0.717) is 12.6 Å². The molecule has 0 fully saturated rings. The maximum Gasteiger partial charge on any atom is 0.0578 e. The molecule has 2 rings (SSSR count). The van der Waals surface area contributed by atoms with Crippen LogP contribution >= 0.6 is 0 Å². The molecule has 0 aromatic heterocycles. The van der Waals surface area contributed by atoms with E-state index < -0.39 is 0 Å². The number of hydrogen-bond donors (Lipinski definition) is 1. The molecule has 0 bridgehead atoms. The van der Waals surface area contributed by atoms with Crippen LogP contribution in [0.2, 0.25) is 0 Å². The largest absolute Gasteiger partial charge is 0.299 e. The van der Waals surface area contributed by atoms with Gasteiger partial charge in [-0.1, -0.05) is 30.2 Å². The van der Waals surface area contributed by atoms with Crippen molar-refractivity contribution in [3.8, 4) is 12.3 Å². The first kappa shape index (κ1) is 7.39. The predicted molar refractivity (Wildman–Crippen MR) is 49.7 cm³/mol. The third-order valence-electron chi connectivity index (χ3n) is 2.31. The summed E-state index contributed by atoms with van der Waals surface area (Å²) < 4.78 is 0. The van der Waals surface area contributed by atoms with Gasteiger partial charge in [-0.2, -0.15) is 0 Å². The predicted octanol–water partition coefficient (Wildman–Crippen LogP) is 1.51. The standard InChI is InChI=1S/C11H11N/c1-2-7-12-11-8-9-5-3-4-6-10(9)11/h1,3-6,11-12H,7-8H2. The molecule has 1 unspecified atom stereocenters. The van der Waals surface area contributed by atoms with Crippen LogP contribution in [-0.2, 0) is 6.42 Å². The van der Waals surface area contributed by atoms with Gasteiger partial charge in [-0.15, -0.1) is 6.42 Å². The van der Waals surface area contributed by atoms with E-state index in [-0.39, 0.29) is 0 Å². The van der Waals surface area contributed by atoms with Gasteiger partial charge < -0.3 is 0 Å². The molecule has 0 saturated carbocycles. The summed E-state index contributed by atoms with van der Waals surface area (Å²) in [6, 6.07) is 8.98. The SMILES string of the molecule is C#CCNC1Cc2ccccc21. The fraction of sp³-hybridized carbons (Fsp3) is 0.273. The fourth-order valence-corrected chi connectivity index (χ4v) is 1.62. The molecule has 0 spiro atoms. The summed E-state index contributed by atoms with van der Waals surface area (Å²) >= 11 is 0. The maximum absolute atomic E-state index is 5.16. The van der Waals surface area contributed by atoms with E-state index in [2.05, 4.69) is 35.5 Å². The second-order valence-electron chi connectivity index (χ2n) is 3.04. The number of benzene rings is 1. The third kappa shape index (κ3) is 1.11. The lowest BCUT2D eigenvalue weighted by Crippen LogP contribution is -2.31. The highest BCUT2D eigenvalue weighted by molar-refractivity contribution is 5.39. The second-order valence-corrected chi connectivity index (χ2v) is 3.04. The zero-order valence-electron chi connectivity index (χ0n) is 6.88. The molecule has 1 aliphatic rings. The minimum Gasteiger partial charge on any atom is -0.299 e. The molecular weight excluding hydrogens is 146 g/mol. The molecule has 1 atom stereocenters. The first-order valence-electron chi connectivity index (χ1n) is 4.16. The lowest BCUT2D eigenvalue weighted by atomic mass is 9.83. The van der Waals surface area contributed by atoms with Gasteiger partial charge in [0.15, 0.2) is 0 Å². The van der Waals surface area contributed by atoms with Crippen molar-refractivity contribution in [2.24, 2.45) is 0 Å². The van der Waals surface area contributed by atoms with E-state index in [1.165, 1.54) is 11.1 Å². The van der Waals surface area contributed by atoms with E-state index in [1.807, 2.05) is 0 Å². The van der Waals surface area contributed by atoms with Crippen molar-refractivity contribution in [3.63, 3.8) is 0 Å². The van der Waals surface area contributed by atoms with Gasteiger partial charge in [-0.3, -0.25) is 5.32 Å². The minimum absolute atomic E-state index is 0.497. The van der Waals surface area contributed by atoms with Gasteiger partial charge >= 0.3 is 0 Å². The first-order chi connectivity index (χ1) is 5.92. The van der Waals surface area contributed by atoms with Gasteiger partial charge in [0, 0.05) is 6.04 Å². The van der Waals surface area contributed by atoms with Crippen LogP contribution in [0, 0.1) is 12.3 Å². The van der Waals surface area contributed by atoms with Gasteiger partial charge in [0.05, 0.1) is 6.54 Å². The Morgan fingerprint density at radius 2 is 2.33 bits per heavy atom. The Balaban J connectivity index is 2.06. The summed E-state index contributed by atoms with van der Waals surface area (Å²) in [4.78, 5) is 0. The van der Waals surface area contributed by atoms with E-state index in [0.717, 1.165) is 6.42 Å². The molecule has 1 heteroatoms. The van der Waals surface area contributed by atoms with Gasteiger partial charge in [-0.05, 0) is 17.5 Å². The zero-order chi connectivity index (χ0) is 8.39. The van der Waals surface area contributed by atoms with Crippen molar-refractivity contribution < 1.29 is 0 Å². The molecule has 0 saturated heterocycles. The molecule has 12 heavy (non-hydrogen) atoms. The third-order valence-corrected chi connectivity index (χ3v) is 2.31. The Morgan fingerprint density at radius 3 is 3.08 bits per heavy atom. The highest BCUT2D eigenvalue weighted by Crippen LogP contribution is 2.31. The summed E-state index contributed by atoms with van der Waals surface area (Å²) in [5.41, 5.74) is 2.86. The van der Waals surface area contributed by atoms with Crippen molar-refractivity contribution in [3.05, 3.63) is 35.4 Å². The highest BCUT2D eigenvalue weighted by Gasteiger charge is 2.23. The van der Waals surface area contributed by atoms with E-state index in [4.69, 9.17) is 6.42 Å². The van der Waals surface area contributed by atoms with E-state index >= 15 is 0 Å². The number of nitrogens with one attached hydrogen (secondary N) is 1. The quantitative estimate of drug-likeness (QED) is 0.642. The lowest BCUT2D eigenvalue weighted by Gasteiger charge is -2.30. The molecule has 1 nitrogen and oxygen atoms in total. The molecule has 1 aromatic rings. The summed E-state index contributed by atoms with van der Waals surface area (Å²) in [6.07, 6.45) is 6.29. The van der Waals surface area contributed by atoms with Crippen LogP contribution in [0.15, 0.2) is 24.3 Å². The second kappa shape index (κ2) is 3.00. The molecule has 1 aliphatic carbocycles. The summed E-state index contributed by atoms with van der Waals surface area (Å²) in [7, 11) is 0. The summed E-state index contributed by atoms with van der Waals surface area (Å²) in [5.74, 6) is 2.59. The van der Waals surface area contributed by atoms with Crippen molar-refractivity contribution in [2.45, 2.75) is 12.5 Å². The van der Waals surface area contributed by atoms with Crippen molar-refractivity contribution in [1.82, 2.24) is 5.32 Å². The van der Waals surface area contributed by atoms with Crippen LogP contribution in [0.3, 0.4) is 0 Å².